The molecule has 0 radical (unpaired) electrons. The fourth-order valence-electron chi connectivity index (χ4n) is 3.20. The minimum Gasteiger partial charge on any atom is -0.497 e. The predicted molar refractivity (Wildman–Crippen MR) is 98.2 cm³/mol. The highest BCUT2D eigenvalue weighted by molar-refractivity contribution is 6.37. The minimum atomic E-state index is -0.199. The first-order chi connectivity index (χ1) is 11.6. The number of methoxy groups -OCH3 is 1. The Hall–Kier alpha value is -2.72. The fourth-order valence-corrected chi connectivity index (χ4v) is 3.50. The molecule has 2 aromatic heterocycles. The second-order valence-electron chi connectivity index (χ2n) is 5.75. The Morgan fingerprint density at radius 2 is 1.62 bits per heavy atom. The largest absolute Gasteiger partial charge is 0.497 e. The summed E-state index contributed by atoms with van der Waals surface area (Å²) in [6, 6.07) is 13.2. The summed E-state index contributed by atoms with van der Waals surface area (Å²) in [5.74, 6) is 0.818. The summed E-state index contributed by atoms with van der Waals surface area (Å²) in [5.41, 5.74) is 4.72. The third-order valence-corrected chi connectivity index (χ3v) is 4.65. The van der Waals surface area contributed by atoms with E-state index in [1.165, 1.54) is 6.07 Å². The maximum atomic E-state index is 11.7. The van der Waals surface area contributed by atoms with Gasteiger partial charge in [0.2, 0.25) is 5.56 Å². The average molecular weight is 339 g/mol. The van der Waals surface area contributed by atoms with Crippen molar-refractivity contribution in [3.05, 3.63) is 63.4 Å². The van der Waals surface area contributed by atoms with Crippen molar-refractivity contribution in [1.29, 1.82) is 0 Å². The van der Waals surface area contributed by atoms with Gasteiger partial charge in [0, 0.05) is 28.0 Å². The number of nitrogens with one attached hydrogen (secondary N) is 2. The molecule has 0 spiro atoms. The van der Waals surface area contributed by atoms with Crippen LogP contribution < -0.4 is 10.3 Å². The molecule has 0 unspecified atom stereocenters. The number of ether oxygens (including phenoxy) is 1. The topological polar surface area (TPSA) is 57.9 Å². The van der Waals surface area contributed by atoms with Crippen molar-refractivity contribution in [2.75, 3.05) is 7.11 Å². The van der Waals surface area contributed by atoms with Crippen LogP contribution in [0.4, 0.5) is 0 Å². The van der Waals surface area contributed by atoms with E-state index in [0.717, 1.165) is 44.4 Å². The predicted octanol–water partition coefficient (Wildman–Crippen LogP) is 4.65. The molecule has 0 atom stereocenters. The number of aromatic amines is 2. The van der Waals surface area contributed by atoms with Crippen LogP contribution >= 0.6 is 11.6 Å². The highest BCUT2D eigenvalue weighted by Gasteiger charge is 2.14. The van der Waals surface area contributed by atoms with Crippen molar-refractivity contribution >= 4 is 33.4 Å². The lowest BCUT2D eigenvalue weighted by molar-refractivity contribution is 0.415. The van der Waals surface area contributed by atoms with Gasteiger partial charge in [-0.15, -0.1) is 0 Å². The maximum absolute atomic E-state index is 11.7. The van der Waals surface area contributed by atoms with Crippen LogP contribution in [0.3, 0.4) is 0 Å². The van der Waals surface area contributed by atoms with Gasteiger partial charge in [-0.2, -0.15) is 0 Å². The zero-order valence-corrected chi connectivity index (χ0v) is 14.0. The van der Waals surface area contributed by atoms with Crippen molar-refractivity contribution < 1.29 is 4.74 Å². The minimum absolute atomic E-state index is 0.199. The van der Waals surface area contributed by atoms with Gasteiger partial charge in [0.05, 0.1) is 17.6 Å². The second-order valence-corrected chi connectivity index (χ2v) is 6.15. The van der Waals surface area contributed by atoms with Gasteiger partial charge in [-0.25, -0.2) is 0 Å². The number of fused-ring (bicyclic) bond motifs is 3. The van der Waals surface area contributed by atoms with Crippen LogP contribution in [0.15, 0.2) is 47.3 Å². The summed E-state index contributed by atoms with van der Waals surface area (Å²) in [6.07, 6.45) is 0. The van der Waals surface area contributed by atoms with Crippen LogP contribution in [0.1, 0.15) is 5.56 Å². The first kappa shape index (κ1) is 14.8. The zero-order chi connectivity index (χ0) is 16.8. The lowest BCUT2D eigenvalue weighted by Crippen LogP contribution is -2.03. The Morgan fingerprint density at radius 1 is 0.958 bits per heavy atom. The van der Waals surface area contributed by atoms with E-state index >= 15 is 0 Å². The van der Waals surface area contributed by atoms with Crippen molar-refractivity contribution in [2.45, 2.75) is 6.92 Å². The van der Waals surface area contributed by atoms with Crippen LogP contribution in [0.5, 0.6) is 5.75 Å². The number of hydrogen-bond donors (Lipinski definition) is 2. The summed E-state index contributed by atoms with van der Waals surface area (Å²) in [6.45, 7) is 2.05. The van der Waals surface area contributed by atoms with E-state index < -0.39 is 0 Å². The van der Waals surface area contributed by atoms with E-state index in [0.29, 0.717) is 5.02 Å². The summed E-state index contributed by atoms with van der Waals surface area (Å²) in [7, 11) is 1.65. The molecule has 0 fully saturated rings. The number of aromatic nitrogens is 2. The van der Waals surface area contributed by atoms with E-state index in [-0.39, 0.29) is 5.56 Å². The molecular formula is C19H15ClN2O2. The number of aryl methyl sites for hydroxylation is 1. The standard InChI is InChI=1S/C19H15ClN2O2/c1-10-17-14(7-8-15-18(17)13(20)9-16(23)21-15)22-19(10)11-3-5-12(24-2)6-4-11/h3-9,22H,1-2H3,(H,21,23). The van der Waals surface area contributed by atoms with Gasteiger partial charge in [-0.1, -0.05) is 11.6 Å². The molecule has 2 aromatic carbocycles. The molecule has 0 saturated heterocycles. The number of rotatable bonds is 2. The quantitative estimate of drug-likeness (QED) is 0.559. The molecule has 0 bridgehead atoms. The molecule has 2 heterocycles. The van der Waals surface area contributed by atoms with Gasteiger partial charge in [0.15, 0.2) is 0 Å². The van der Waals surface area contributed by atoms with Gasteiger partial charge in [0.25, 0.3) is 0 Å². The smallest absolute Gasteiger partial charge is 0.249 e. The van der Waals surface area contributed by atoms with Crippen molar-refractivity contribution in [2.24, 2.45) is 0 Å². The van der Waals surface area contributed by atoms with E-state index in [4.69, 9.17) is 16.3 Å². The normalized spacial score (nSPS) is 11.3. The molecule has 4 rings (SSSR count). The number of benzene rings is 2. The highest BCUT2D eigenvalue weighted by Crippen LogP contribution is 2.36. The van der Waals surface area contributed by atoms with Crippen molar-refractivity contribution in [3.63, 3.8) is 0 Å². The van der Waals surface area contributed by atoms with Gasteiger partial charge in [-0.05, 0) is 54.4 Å². The maximum Gasteiger partial charge on any atom is 0.249 e. The Balaban J connectivity index is 2.03. The first-order valence-corrected chi connectivity index (χ1v) is 7.94. The lowest BCUT2D eigenvalue weighted by Gasteiger charge is -2.04. The molecular weight excluding hydrogens is 324 g/mol. The number of pyridine rings is 1. The fraction of sp³-hybridized carbons (Fsp3) is 0.105. The Morgan fingerprint density at radius 3 is 2.29 bits per heavy atom. The monoisotopic (exact) mass is 338 g/mol. The molecule has 0 aliphatic heterocycles. The molecule has 0 aliphatic carbocycles. The number of halogens is 1. The molecule has 4 nitrogen and oxygen atoms in total. The first-order valence-electron chi connectivity index (χ1n) is 7.56. The van der Waals surface area contributed by atoms with Crippen molar-refractivity contribution in [1.82, 2.24) is 9.97 Å². The van der Waals surface area contributed by atoms with Crippen LogP contribution in [0.2, 0.25) is 5.02 Å². The third-order valence-electron chi connectivity index (χ3n) is 4.35. The summed E-state index contributed by atoms with van der Waals surface area (Å²) in [5, 5.41) is 2.35. The number of H-pyrrole nitrogens is 2. The average Bonchev–Trinajstić information content (AvgIpc) is 2.91. The SMILES string of the molecule is COc1ccc(-c2[nH]c3ccc4[nH]c(=O)cc(Cl)c4c3c2C)cc1. The Labute approximate surface area is 143 Å². The second kappa shape index (κ2) is 5.42. The van der Waals surface area contributed by atoms with Crippen LogP contribution in [-0.2, 0) is 0 Å². The Kier molecular flexibility index (Phi) is 3.36. The van der Waals surface area contributed by atoms with Gasteiger partial charge in [0.1, 0.15) is 5.75 Å². The van der Waals surface area contributed by atoms with Crippen LogP contribution in [0.25, 0.3) is 33.1 Å². The molecule has 0 saturated carbocycles. The molecule has 4 aromatic rings. The summed E-state index contributed by atoms with van der Waals surface area (Å²) in [4.78, 5) is 18.0. The van der Waals surface area contributed by atoms with E-state index in [1.54, 1.807) is 7.11 Å². The van der Waals surface area contributed by atoms with E-state index in [9.17, 15) is 4.79 Å². The molecule has 24 heavy (non-hydrogen) atoms. The van der Waals surface area contributed by atoms with Gasteiger partial charge < -0.3 is 14.7 Å². The third kappa shape index (κ3) is 2.19. The Bertz CT molecular complexity index is 1120. The van der Waals surface area contributed by atoms with E-state index in [2.05, 4.69) is 16.9 Å². The lowest BCUT2D eigenvalue weighted by atomic mass is 10.0. The molecule has 0 amide bonds. The van der Waals surface area contributed by atoms with E-state index in [1.807, 2.05) is 36.4 Å². The van der Waals surface area contributed by atoms with Crippen LogP contribution in [-0.4, -0.2) is 17.1 Å². The van der Waals surface area contributed by atoms with Crippen LogP contribution in [0, 0.1) is 6.92 Å². The summed E-state index contributed by atoms with van der Waals surface area (Å²) < 4.78 is 5.22. The zero-order valence-electron chi connectivity index (χ0n) is 13.2. The molecule has 5 heteroatoms. The molecule has 120 valence electrons. The summed E-state index contributed by atoms with van der Waals surface area (Å²) >= 11 is 6.36. The van der Waals surface area contributed by atoms with Gasteiger partial charge in [-0.3, -0.25) is 4.79 Å². The molecule has 0 aliphatic rings. The van der Waals surface area contributed by atoms with Crippen molar-refractivity contribution in [3.8, 4) is 17.0 Å². The molecule has 2 N–H and O–H groups in total. The number of hydrogen-bond acceptors (Lipinski definition) is 2. The van der Waals surface area contributed by atoms with Gasteiger partial charge >= 0.3 is 0 Å². The highest BCUT2D eigenvalue weighted by atomic mass is 35.5.